The predicted octanol–water partition coefficient (Wildman–Crippen LogP) is 3.08. The van der Waals surface area contributed by atoms with Crippen LogP contribution >= 0.6 is 0 Å². The van der Waals surface area contributed by atoms with Crippen molar-refractivity contribution in [2.75, 3.05) is 20.3 Å². The van der Waals surface area contributed by atoms with E-state index in [9.17, 15) is 4.79 Å². The summed E-state index contributed by atoms with van der Waals surface area (Å²) >= 11 is 0. The number of ether oxygens (including phenoxy) is 1. The van der Waals surface area contributed by atoms with Crippen LogP contribution in [0.25, 0.3) is 16.9 Å². The maximum absolute atomic E-state index is 12.6. The lowest BCUT2D eigenvalue weighted by Crippen LogP contribution is -2.26. The molecule has 0 aliphatic rings. The lowest BCUT2D eigenvalue weighted by Gasteiger charge is -2.07. The van der Waals surface area contributed by atoms with Gasteiger partial charge in [-0.3, -0.25) is 9.20 Å². The molecule has 0 atom stereocenters. The normalized spacial score (nSPS) is 10.9. The van der Waals surface area contributed by atoms with Gasteiger partial charge in [-0.05, 0) is 25.5 Å². The van der Waals surface area contributed by atoms with E-state index in [4.69, 9.17) is 4.74 Å². The van der Waals surface area contributed by atoms with Gasteiger partial charge in [0.1, 0.15) is 5.65 Å². The monoisotopic (exact) mass is 323 g/mol. The number of nitrogens with one attached hydrogen (secondary N) is 1. The summed E-state index contributed by atoms with van der Waals surface area (Å²) < 4.78 is 6.96. The molecule has 0 fully saturated rings. The van der Waals surface area contributed by atoms with E-state index in [1.807, 2.05) is 60.0 Å². The smallest absolute Gasteiger partial charge is 0.272 e. The lowest BCUT2D eigenvalue weighted by atomic mass is 10.1. The summed E-state index contributed by atoms with van der Waals surface area (Å²) in [5, 5.41) is 2.92. The van der Waals surface area contributed by atoms with Crippen LogP contribution in [0.5, 0.6) is 0 Å². The van der Waals surface area contributed by atoms with Gasteiger partial charge in [-0.15, -0.1) is 0 Å². The van der Waals surface area contributed by atoms with Gasteiger partial charge in [-0.25, -0.2) is 4.98 Å². The molecular formula is C19H21N3O2. The van der Waals surface area contributed by atoms with Gasteiger partial charge in [-0.2, -0.15) is 0 Å². The largest absolute Gasteiger partial charge is 0.385 e. The van der Waals surface area contributed by atoms with E-state index in [0.717, 1.165) is 23.3 Å². The highest BCUT2D eigenvalue weighted by Crippen LogP contribution is 2.25. The van der Waals surface area contributed by atoms with Gasteiger partial charge < -0.3 is 10.1 Å². The number of carbonyl (C=O) groups excluding carboxylic acids is 1. The highest BCUT2D eigenvalue weighted by atomic mass is 16.5. The van der Waals surface area contributed by atoms with Gasteiger partial charge in [0, 0.05) is 32.0 Å². The SMILES string of the molecule is COCCCNC(=O)c1nc2ccccn2c1-c1ccc(C)cc1. The van der Waals surface area contributed by atoms with E-state index in [0.29, 0.717) is 18.8 Å². The Labute approximate surface area is 141 Å². The number of carbonyl (C=O) groups is 1. The number of methoxy groups -OCH3 is 1. The van der Waals surface area contributed by atoms with E-state index in [-0.39, 0.29) is 5.91 Å². The maximum atomic E-state index is 12.6. The third kappa shape index (κ3) is 3.31. The van der Waals surface area contributed by atoms with Crippen molar-refractivity contribution in [2.45, 2.75) is 13.3 Å². The summed E-state index contributed by atoms with van der Waals surface area (Å²) in [4.78, 5) is 17.1. The summed E-state index contributed by atoms with van der Waals surface area (Å²) in [5.41, 5.74) is 4.17. The van der Waals surface area contributed by atoms with Crippen LogP contribution in [0.1, 0.15) is 22.5 Å². The van der Waals surface area contributed by atoms with Crippen LogP contribution in [0.15, 0.2) is 48.7 Å². The number of hydrogen-bond acceptors (Lipinski definition) is 3. The van der Waals surface area contributed by atoms with Crippen molar-refractivity contribution in [3.63, 3.8) is 0 Å². The first kappa shape index (κ1) is 16.2. The third-order valence-electron chi connectivity index (χ3n) is 3.88. The minimum atomic E-state index is -0.162. The number of hydrogen-bond donors (Lipinski definition) is 1. The van der Waals surface area contributed by atoms with E-state index >= 15 is 0 Å². The number of fused-ring (bicyclic) bond motifs is 1. The molecule has 0 bridgehead atoms. The zero-order valence-corrected chi connectivity index (χ0v) is 14.0. The van der Waals surface area contributed by atoms with Crippen LogP contribution in [0.3, 0.4) is 0 Å². The van der Waals surface area contributed by atoms with Gasteiger partial charge in [0.2, 0.25) is 0 Å². The molecule has 0 unspecified atom stereocenters. The third-order valence-corrected chi connectivity index (χ3v) is 3.88. The second kappa shape index (κ2) is 7.27. The Bertz CT molecular complexity index is 837. The molecule has 0 spiro atoms. The first-order chi connectivity index (χ1) is 11.7. The van der Waals surface area contributed by atoms with Crippen LogP contribution in [-0.4, -0.2) is 35.6 Å². The first-order valence-electron chi connectivity index (χ1n) is 8.02. The topological polar surface area (TPSA) is 55.6 Å². The quantitative estimate of drug-likeness (QED) is 0.709. The Hall–Kier alpha value is -2.66. The number of benzene rings is 1. The molecule has 1 amide bonds. The molecule has 5 heteroatoms. The Balaban J connectivity index is 1.99. The highest BCUT2D eigenvalue weighted by Gasteiger charge is 2.19. The van der Waals surface area contributed by atoms with Crippen molar-refractivity contribution in [3.8, 4) is 11.3 Å². The second-order valence-corrected chi connectivity index (χ2v) is 5.71. The second-order valence-electron chi connectivity index (χ2n) is 5.71. The zero-order valence-electron chi connectivity index (χ0n) is 14.0. The van der Waals surface area contributed by atoms with Crippen LogP contribution in [-0.2, 0) is 4.74 Å². The minimum Gasteiger partial charge on any atom is -0.385 e. The predicted molar refractivity (Wildman–Crippen MR) is 94.2 cm³/mol. The van der Waals surface area contributed by atoms with E-state index < -0.39 is 0 Å². The molecule has 1 N–H and O–H groups in total. The van der Waals surface area contributed by atoms with E-state index in [1.54, 1.807) is 7.11 Å². The molecule has 3 rings (SSSR count). The number of aromatic nitrogens is 2. The van der Waals surface area contributed by atoms with Gasteiger partial charge >= 0.3 is 0 Å². The molecule has 0 aliphatic heterocycles. The van der Waals surface area contributed by atoms with Gasteiger partial charge in [0.25, 0.3) is 5.91 Å². The van der Waals surface area contributed by atoms with Gasteiger partial charge in [-0.1, -0.05) is 35.9 Å². The summed E-state index contributed by atoms with van der Waals surface area (Å²) in [7, 11) is 1.65. The van der Waals surface area contributed by atoms with Crippen molar-refractivity contribution in [1.82, 2.24) is 14.7 Å². The summed E-state index contributed by atoms with van der Waals surface area (Å²) in [6.07, 6.45) is 2.70. The molecule has 1 aromatic carbocycles. The Morgan fingerprint density at radius 1 is 1.21 bits per heavy atom. The van der Waals surface area contributed by atoms with Crippen molar-refractivity contribution >= 4 is 11.6 Å². The standard InChI is InChI=1S/C19H21N3O2/c1-14-7-9-15(10-8-14)18-17(19(23)20-11-5-13-24-2)21-16-6-3-4-12-22(16)18/h3-4,6-10,12H,5,11,13H2,1-2H3,(H,20,23). The number of imidazole rings is 1. The first-order valence-corrected chi connectivity index (χ1v) is 8.02. The van der Waals surface area contributed by atoms with Crippen LogP contribution in [0.2, 0.25) is 0 Å². The number of pyridine rings is 1. The Morgan fingerprint density at radius 3 is 2.75 bits per heavy atom. The molecule has 0 saturated heterocycles. The molecule has 5 nitrogen and oxygen atoms in total. The summed E-state index contributed by atoms with van der Waals surface area (Å²) in [6, 6.07) is 13.9. The van der Waals surface area contributed by atoms with Gasteiger partial charge in [0.05, 0.1) is 5.69 Å². The van der Waals surface area contributed by atoms with Crippen molar-refractivity contribution < 1.29 is 9.53 Å². The number of rotatable bonds is 6. The lowest BCUT2D eigenvalue weighted by molar-refractivity contribution is 0.0945. The highest BCUT2D eigenvalue weighted by molar-refractivity contribution is 5.99. The number of amides is 1. The fraction of sp³-hybridized carbons (Fsp3) is 0.263. The Morgan fingerprint density at radius 2 is 2.00 bits per heavy atom. The molecule has 24 heavy (non-hydrogen) atoms. The van der Waals surface area contributed by atoms with Gasteiger partial charge in [0.15, 0.2) is 5.69 Å². The van der Waals surface area contributed by atoms with Crippen molar-refractivity contribution in [1.29, 1.82) is 0 Å². The summed E-state index contributed by atoms with van der Waals surface area (Å²) in [5.74, 6) is -0.162. The zero-order chi connectivity index (χ0) is 16.9. The van der Waals surface area contributed by atoms with Crippen molar-refractivity contribution in [2.24, 2.45) is 0 Å². The van der Waals surface area contributed by atoms with Crippen LogP contribution < -0.4 is 5.32 Å². The summed E-state index contributed by atoms with van der Waals surface area (Å²) in [6.45, 7) is 3.23. The molecular weight excluding hydrogens is 302 g/mol. The average molecular weight is 323 g/mol. The molecule has 3 aromatic rings. The maximum Gasteiger partial charge on any atom is 0.272 e. The molecule has 2 heterocycles. The molecule has 2 aromatic heterocycles. The molecule has 124 valence electrons. The van der Waals surface area contributed by atoms with Crippen LogP contribution in [0.4, 0.5) is 0 Å². The van der Waals surface area contributed by atoms with Crippen LogP contribution in [0, 0.1) is 6.92 Å². The van der Waals surface area contributed by atoms with E-state index in [2.05, 4.69) is 10.3 Å². The fourth-order valence-electron chi connectivity index (χ4n) is 2.64. The average Bonchev–Trinajstić information content (AvgIpc) is 2.99. The number of aryl methyl sites for hydroxylation is 1. The molecule has 0 aliphatic carbocycles. The van der Waals surface area contributed by atoms with E-state index in [1.165, 1.54) is 5.56 Å². The van der Waals surface area contributed by atoms with Crippen molar-refractivity contribution in [3.05, 3.63) is 59.9 Å². The molecule has 0 radical (unpaired) electrons. The molecule has 0 saturated carbocycles. The number of nitrogens with zero attached hydrogens (tertiary/aromatic N) is 2. The Kier molecular flexibility index (Phi) is 4.91. The minimum absolute atomic E-state index is 0.162. The fourth-order valence-corrected chi connectivity index (χ4v) is 2.64.